The zero-order valence-electron chi connectivity index (χ0n) is 11.4. The quantitative estimate of drug-likeness (QED) is 0.922. The van der Waals surface area contributed by atoms with Crippen LogP contribution in [-0.2, 0) is 6.42 Å². The smallest absolute Gasteiger partial charge is 0.228 e. The Morgan fingerprint density at radius 3 is 2.84 bits per heavy atom. The first-order chi connectivity index (χ1) is 9.13. The normalized spacial score (nSPS) is 33.3. The SMILES string of the molecule is CC1SCC(c2noc(CC(N)C3CC3)n2)SC1C. The Balaban J connectivity index is 1.60. The van der Waals surface area contributed by atoms with Crippen LogP contribution in [0.3, 0.4) is 0 Å². The van der Waals surface area contributed by atoms with Crippen LogP contribution < -0.4 is 5.73 Å². The van der Waals surface area contributed by atoms with E-state index in [1.807, 2.05) is 23.5 Å². The van der Waals surface area contributed by atoms with Crippen LogP contribution in [0.25, 0.3) is 0 Å². The maximum Gasteiger partial charge on any atom is 0.228 e. The van der Waals surface area contributed by atoms with Gasteiger partial charge in [0.2, 0.25) is 5.89 Å². The summed E-state index contributed by atoms with van der Waals surface area (Å²) >= 11 is 3.96. The molecule has 1 aromatic heterocycles. The first-order valence-electron chi connectivity index (χ1n) is 6.98. The van der Waals surface area contributed by atoms with Crippen LogP contribution in [0.5, 0.6) is 0 Å². The fourth-order valence-corrected chi connectivity index (χ4v) is 5.13. The molecule has 4 nitrogen and oxygen atoms in total. The Morgan fingerprint density at radius 1 is 1.37 bits per heavy atom. The minimum absolute atomic E-state index is 0.195. The van der Waals surface area contributed by atoms with Gasteiger partial charge in [0, 0.05) is 28.7 Å². The summed E-state index contributed by atoms with van der Waals surface area (Å²) in [6.07, 6.45) is 3.24. The molecular weight excluding hydrogens is 278 g/mol. The third kappa shape index (κ3) is 3.28. The summed E-state index contributed by atoms with van der Waals surface area (Å²) in [6, 6.07) is 0.195. The molecule has 4 unspecified atom stereocenters. The maximum atomic E-state index is 6.10. The van der Waals surface area contributed by atoms with Crippen molar-refractivity contribution in [1.82, 2.24) is 10.1 Å². The van der Waals surface area contributed by atoms with Crippen molar-refractivity contribution in [2.75, 3.05) is 5.75 Å². The minimum Gasteiger partial charge on any atom is -0.339 e. The molecule has 1 saturated carbocycles. The Bertz CT molecular complexity index is 435. The molecule has 2 fully saturated rings. The predicted octanol–water partition coefficient (Wildman–Crippen LogP) is 2.65. The molecule has 0 radical (unpaired) electrons. The molecule has 106 valence electrons. The van der Waals surface area contributed by atoms with Crippen LogP contribution in [0.2, 0.25) is 0 Å². The number of aromatic nitrogens is 2. The first kappa shape index (κ1) is 13.8. The Morgan fingerprint density at radius 2 is 2.16 bits per heavy atom. The summed E-state index contributed by atoms with van der Waals surface area (Å²) < 4.78 is 5.36. The summed E-state index contributed by atoms with van der Waals surface area (Å²) in [5.74, 6) is 3.32. The predicted molar refractivity (Wildman–Crippen MR) is 80.4 cm³/mol. The van der Waals surface area contributed by atoms with E-state index in [1.165, 1.54) is 12.8 Å². The van der Waals surface area contributed by atoms with Crippen molar-refractivity contribution >= 4 is 23.5 Å². The standard InChI is InChI=1S/C13H21N3OS2/c1-7-8(2)19-11(6-18-7)13-15-12(17-16-13)5-10(14)9-3-4-9/h7-11H,3-6,14H2,1-2H3. The molecule has 4 atom stereocenters. The number of nitrogens with two attached hydrogens (primary N) is 1. The molecule has 2 heterocycles. The highest BCUT2D eigenvalue weighted by Crippen LogP contribution is 2.43. The molecule has 19 heavy (non-hydrogen) atoms. The number of hydrogen-bond donors (Lipinski definition) is 1. The summed E-state index contributed by atoms with van der Waals surface area (Å²) in [5.41, 5.74) is 6.10. The van der Waals surface area contributed by atoms with Gasteiger partial charge >= 0.3 is 0 Å². The van der Waals surface area contributed by atoms with E-state index in [1.54, 1.807) is 0 Å². The lowest BCUT2D eigenvalue weighted by Crippen LogP contribution is -2.25. The zero-order chi connectivity index (χ0) is 13.4. The van der Waals surface area contributed by atoms with Gasteiger partial charge in [-0.2, -0.15) is 16.7 Å². The lowest BCUT2D eigenvalue weighted by Gasteiger charge is -2.29. The van der Waals surface area contributed by atoms with Gasteiger partial charge in [-0.25, -0.2) is 0 Å². The van der Waals surface area contributed by atoms with Crippen molar-refractivity contribution in [2.45, 2.75) is 54.9 Å². The van der Waals surface area contributed by atoms with E-state index in [9.17, 15) is 0 Å². The lowest BCUT2D eigenvalue weighted by atomic mass is 10.1. The van der Waals surface area contributed by atoms with E-state index >= 15 is 0 Å². The highest BCUT2D eigenvalue weighted by atomic mass is 32.2. The molecule has 1 saturated heterocycles. The van der Waals surface area contributed by atoms with Gasteiger partial charge in [-0.3, -0.25) is 0 Å². The van der Waals surface area contributed by atoms with Crippen molar-refractivity contribution < 1.29 is 4.52 Å². The average molecular weight is 299 g/mol. The van der Waals surface area contributed by atoms with Crippen LogP contribution in [0.1, 0.15) is 43.7 Å². The maximum absolute atomic E-state index is 6.10. The van der Waals surface area contributed by atoms with Gasteiger partial charge in [-0.1, -0.05) is 19.0 Å². The van der Waals surface area contributed by atoms with Gasteiger partial charge in [0.15, 0.2) is 5.82 Å². The van der Waals surface area contributed by atoms with E-state index in [0.717, 1.165) is 18.0 Å². The number of thioether (sulfide) groups is 2. The first-order valence-corrected chi connectivity index (χ1v) is 8.97. The molecular formula is C13H21N3OS2. The van der Waals surface area contributed by atoms with Crippen LogP contribution >= 0.6 is 23.5 Å². The van der Waals surface area contributed by atoms with Gasteiger partial charge in [-0.05, 0) is 18.8 Å². The average Bonchev–Trinajstić information content (AvgIpc) is 3.14. The third-order valence-corrected chi connectivity index (χ3v) is 7.35. The van der Waals surface area contributed by atoms with E-state index in [0.29, 0.717) is 27.6 Å². The van der Waals surface area contributed by atoms with Crippen molar-refractivity contribution in [3.63, 3.8) is 0 Å². The summed E-state index contributed by atoms with van der Waals surface area (Å²) in [5, 5.41) is 5.87. The Kier molecular flexibility index (Phi) is 4.10. The van der Waals surface area contributed by atoms with E-state index < -0.39 is 0 Å². The number of hydrogen-bond acceptors (Lipinski definition) is 6. The zero-order valence-corrected chi connectivity index (χ0v) is 13.0. The van der Waals surface area contributed by atoms with Crippen LogP contribution in [0.4, 0.5) is 0 Å². The second-order valence-corrected chi connectivity index (χ2v) is 8.62. The minimum atomic E-state index is 0.195. The van der Waals surface area contributed by atoms with Crippen molar-refractivity contribution in [1.29, 1.82) is 0 Å². The second-order valence-electron chi connectivity index (χ2n) is 5.62. The topological polar surface area (TPSA) is 64.9 Å². The van der Waals surface area contributed by atoms with Crippen molar-refractivity contribution in [3.8, 4) is 0 Å². The summed E-state index contributed by atoms with van der Waals surface area (Å²) in [6.45, 7) is 4.56. The Hall–Kier alpha value is -0.200. The van der Waals surface area contributed by atoms with Gasteiger partial charge in [0.25, 0.3) is 0 Å². The van der Waals surface area contributed by atoms with Crippen molar-refractivity contribution in [2.24, 2.45) is 11.7 Å². The molecule has 3 rings (SSSR count). The summed E-state index contributed by atoms with van der Waals surface area (Å²) in [4.78, 5) is 4.55. The third-order valence-electron chi connectivity index (χ3n) is 3.96. The molecule has 0 aromatic carbocycles. The Labute approximate surface area is 122 Å². The fraction of sp³-hybridized carbons (Fsp3) is 0.846. The summed E-state index contributed by atoms with van der Waals surface area (Å²) in [7, 11) is 0. The molecule has 1 aliphatic heterocycles. The van der Waals surface area contributed by atoms with E-state index in [4.69, 9.17) is 10.3 Å². The largest absolute Gasteiger partial charge is 0.339 e. The van der Waals surface area contributed by atoms with Crippen LogP contribution in [0.15, 0.2) is 4.52 Å². The monoisotopic (exact) mass is 299 g/mol. The molecule has 0 spiro atoms. The molecule has 1 aliphatic carbocycles. The molecule has 0 bridgehead atoms. The van der Waals surface area contributed by atoms with Gasteiger partial charge in [0.1, 0.15) is 0 Å². The van der Waals surface area contributed by atoms with Gasteiger partial charge in [-0.15, -0.1) is 11.8 Å². The van der Waals surface area contributed by atoms with E-state index in [-0.39, 0.29) is 6.04 Å². The molecule has 2 aliphatic rings. The van der Waals surface area contributed by atoms with Gasteiger partial charge < -0.3 is 10.3 Å². The fourth-order valence-electron chi connectivity index (χ4n) is 2.29. The van der Waals surface area contributed by atoms with Crippen LogP contribution in [0, 0.1) is 5.92 Å². The molecule has 0 amide bonds. The second kappa shape index (κ2) is 5.66. The number of nitrogens with zero attached hydrogens (tertiary/aromatic N) is 2. The molecule has 1 aromatic rings. The highest BCUT2D eigenvalue weighted by Gasteiger charge is 2.32. The molecule has 6 heteroatoms. The van der Waals surface area contributed by atoms with E-state index in [2.05, 4.69) is 24.0 Å². The van der Waals surface area contributed by atoms with Gasteiger partial charge in [0.05, 0.1) is 5.25 Å². The van der Waals surface area contributed by atoms with Crippen molar-refractivity contribution in [3.05, 3.63) is 11.7 Å². The molecule has 2 N–H and O–H groups in total. The lowest BCUT2D eigenvalue weighted by molar-refractivity contribution is 0.359. The van der Waals surface area contributed by atoms with Crippen LogP contribution in [-0.4, -0.2) is 32.4 Å². The number of rotatable bonds is 4. The highest BCUT2D eigenvalue weighted by molar-refractivity contribution is 8.07.